The normalized spacial score (nSPS) is 19.8. The van der Waals surface area contributed by atoms with Crippen LogP contribution in [-0.4, -0.2) is 41.9 Å². The minimum absolute atomic E-state index is 0.0889. The molecule has 2 heterocycles. The molecule has 0 spiro atoms. The number of carboxylic acids is 1. The molecule has 0 aromatic carbocycles. The summed E-state index contributed by atoms with van der Waals surface area (Å²) in [6, 6.07) is 3.47. The molecule has 1 aliphatic heterocycles. The molecular formula is C13H18N2O3. The topological polar surface area (TPSA) is 62.7 Å². The Morgan fingerprint density at radius 1 is 1.67 bits per heavy atom. The van der Waals surface area contributed by atoms with E-state index >= 15 is 0 Å². The molecule has 98 valence electrons. The fraction of sp³-hybridized carbons (Fsp3) is 0.538. The van der Waals surface area contributed by atoms with Crippen LogP contribution < -0.4 is 4.90 Å². The molecule has 0 amide bonds. The van der Waals surface area contributed by atoms with Crippen LogP contribution in [0.1, 0.15) is 30.3 Å². The Morgan fingerprint density at radius 2 is 2.50 bits per heavy atom. The lowest BCUT2D eigenvalue weighted by Crippen LogP contribution is -2.39. The number of nitrogens with zero attached hydrogens (tertiary/aromatic N) is 2. The average molecular weight is 250 g/mol. The molecule has 0 aliphatic carbocycles. The first kappa shape index (κ1) is 12.8. The number of rotatable bonds is 4. The quantitative estimate of drug-likeness (QED) is 0.882. The molecule has 1 fully saturated rings. The van der Waals surface area contributed by atoms with Crippen LogP contribution in [0.2, 0.25) is 0 Å². The molecule has 18 heavy (non-hydrogen) atoms. The molecule has 5 heteroatoms. The highest BCUT2D eigenvalue weighted by Crippen LogP contribution is 2.21. The van der Waals surface area contributed by atoms with Gasteiger partial charge in [0.1, 0.15) is 5.69 Å². The predicted octanol–water partition coefficient (Wildman–Crippen LogP) is 1.79. The monoisotopic (exact) mass is 250 g/mol. The predicted molar refractivity (Wildman–Crippen MR) is 68.1 cm³/mol. The second-order valence-electron chi connectivity index (χ2n) is 4.37. The van der Waals surface area contributed by atoms with Gasteiger partial charge in [0.15, 0.2) is 0 Å². The van der Waals surface area contributed by atoms with Crippen LogP contribution in [0.25, 0.3) is 0 Å². The molecule has 1 N–H and O–H groups in total. The van der Waals surface area contributed by atoms with E-state index < -0.39 is 5.97 Å². The number of pyridine rings is 1. The highest BCUT2D eigenvalue weighted by atomic mass is 16.5. The van der Waals surface area contributed by atoms with Gasteiger partial charge in [-0.25, -0.2) is 9.78 Å². The van der Waals surface area contributed by atoms with Gasteiger partial charge in [-0.2, -0.15) is 0 Å². The molecule has 0 radical (unpaired) electrons. The Kier molecular flexibility index (Phi) is 4.15. The van der Waals surface area contributed by atoms with E-state index in [2.05, 4.69) is 9.88 Å². The Balaban J connectivity index is 2.10. The number of carbonyl (C=O) groups is 1. The fourth-order valence-electron chi connectivity index (χ4n) is 2.28. The summed E-state index contributed by atoms with van der Waals surface area (Å²) in [4.78, 5) is 16.9. The molecule has 1 aromatic heterocycles. The van der Waals surface area contributed by atoms with Crippen LogP contribution in [0.4, 0.5) is 5.69 Å². The lowest BCUT2D eigenvalue weighted by molar-refractivity contribution is 0.0526. The first-order chi connectivity index (χ1) is 8.70. The van der Waals surface area contributed by atoms with Gasteiger partial charge in [0.2, 0.25) is 0 Å². The average Bonchev–Trinajstić information content (AvgIpc) is 2.39. The van der Waals surface area contributed by atoms with Gasteiger partial charge in [-0.1, -0.05) is 0 Å². The Labute approximate surface area is 106 Å². The third kappa shape index (κ3) is 2.98. The molecule has 0 bridgehead atoms. The molecule has 5 nitrogen and oxygen atoms in total. The van der Waals surface area contributed by atoms with Crippen molar-refractivity contribution in [3.05, 3.63) is 24.0 Å². The lowest BCUT2D eigenvalue weighted by Gasteiger charge is -2.34. The zero-order valence-corrected chi connectivity index (χ0v) is 10.5. The van der Waals surface area contributed by atoms with Gasteiger partial charge in [0.05, 0.1) is 6.10 Å². The van der Waals surface area contributed by atoms with E-state index in [9.17, 15) is 4.79 Å². The van der Waals surface area contributed by atoms with E-state index in [0.717, 1.165) is 38.2 Å². The number of hydrogen-bond acceptors (Lipinski definition) is 4. The first-order valence-corrected chi connectivity index (χ1v) is 6.26. The molecule has 1 unspecified atom stereocenters. The molecule has 1 atom stereocenters. The summed E-state index contributed by atoms with van der Waals surface area (Å²) in [6.45, 7) is 4.46. The molecule has 1 aromatic rings. The van der Waals surface area contributed by atoms with E-state index in [-0.39, 0.29) is 11.8 Å². The van der Waals surface area contributed by atoms with Crippen molar-refractivity contribution in [2.24, 2.45) is 0 Å². The maximum atomic E-state index is 10.9. The smallest absolute Gasteiger partial charge is 0.354 e. The third-order valence-electron chi connectivity index (χ3n) is 3.11. The number of piperidine rings is 1. The van der Waals surface area contributed by atoms with E-state index in [1.807, 2.05) is 13.0 Å². The van der Waals surface area contributed by atoms with Crippen LogP contribution in [0.15, 0.2) is 18.3 Å². The largest absolute Gasteiger partial charge is 0.477 e. The minimum atomic E-state index is -0.991. The number of anilines is 1. The maximum Gasteiger partial charge on any atom is 0.354 e. The van der Waals surface area contributed by atoms with Crippen LogP contribution in [0, 0.1) is 0 Å². The molecule has 2 rings (SSSR count). The van der Waals surface area contributed by atoms with Crippen molar-refractivity contribution in [3.63, 3.8) is 0 Å². The Morgan fingerprint density at radius 3 is 3.22 bits per heavy atom. The Hall–Kier alpha value is -1.62. The molecule has 1 saturated heterocycles. The van der Waals surface area contributed by atoms with Gasteiger partial charge in [0.25, 0.3) is 0 Å². The number of aromatic carboxylic acids is 1. The van der Waals surface area contributed by atoms with Crippen LogP contribution >= 0.6 is 0 Å². The van der Waals surface area contributed by atoms with Crippen molar-refractivity contribution in [1.29, 1.82) is 0 Å². The molecule has 1 aliphatic rings. The summed E-state index contributed by atoms with van der Waals surface area (Å²) in [6.07, 6.45) is 3.92. The fourth-order valence-corrected chi connectivity index (χ4v) is 2.28. The zero-order chi connectivity index (χ0) is 13.0. The maximum absolute atomic E-state index is 10.9. The highest BCUT2D eigenvalue weighted by molar-refractivity contribution is 5.86. The molecular weight excluding hydrogens is 232 g/mol. The van der Waals surface area contributed by atoms with Gasteiger partial charge in [-0.3, -0.25) is 0 Å². The van der Waals surface area contributed by atoms with Crippen LogP contribution in [0.3, 0.4) is 0 Å². The number of aromatic nitrogens is 1. The van der Waals surface area contributed by atoms with Crippen molar-refractivity contribution in [2.45, 2.75) is 25.9 Å². The summed E-state index contributed by atoms with van der Waals surface area (Å²) < 4.78 is 5.64. The van der Waals surface area contributed by atoms with Crippen molar-refractivity contribution < 1.29 is 14.6 Å². The zero-order valence-electron chi connectivity index (χ0n) is 10.5. The SMILES string of the molecule is CCOC1CCCN(c2ccnc(C(=O)O)c2)C1. The summed E-state index contributed by atoms with van der Waals surface area (Å²) in [7, 11) is 0. The summed E-state index contributed by atoms with van der Waals surface area (Å²) in [5, 5.41) is 8.94. The first-order valence-electron chi connectivity index (χ1n) is 6.26. The van der Waals surface area contributed by atoms with E-state index in [1.165, 1.54) is 0 Å². The Bertz CT molecular complexity index is 420. The lowest BCUT2D eigenvalue weighted by atomic mass is 10.1. The second kappa shape index (κ2) is 5.82. The summed E-state index contributed by atoms with van der Waals surface area (Å²) >= 11 is 0. The second-order valence-corrected chi connectivity index (χ2v) is 4.37. The van der Waals surface area contributed by atoms with Gasteiger partial charge in [0, 0.05) is 31.6 Å². The third-order valence-corrected chi connectivity index (χ3v) is 3.11. The number of hydrogen-bond donors (Lipinski definition) is 1. The highest BCUT2D eigenvalue weighted by Gasteiger charge is 2.21. The van der Waals surface area contributed by atoms with Crippen molar-refractivity contribution in [2.75, 3.05) is 24.6 Å². The summed E-state index contributed by atoms with van der Waals surface area (Å²) in [5.41, 5.74) is 0.998. The van der Waals surface area contributed by atoms with Gasteiger partial charge in [-0.15, -0.1) is 0 Å². The van der Waals surface area contributed by atoms with Gasteiger partial charge < -0.3 is 14.7 Å². The van der Waals surface area contributed by atoms with Crippen molar-refractivity contribution >= 4 is 11.7 Å². The van der Waals surface area contributed by atoms with Crippen molar-refractivity contribution in [1.82, 2.24) is 4.98 Å². The minimum Gasteiger partial charge on any atom is -0.477 e. The van der Waals surface area contributed by atoms with E-state index in [4.69, 9.17) is 9.84 Å². The van der Waals surface area contributed by atoms with Gasteiger partial charge in [-0.05, 0) is 31.9 Å². The van der Waals surface area contributed by atoms with Crippen LogP contribution in [0.5, 0.6) is 0 Å². The number of carboxylic acid groups (broad SMARTS) is 1. The van der Waals surface area contributed by atoms with E-state index in [0.29, 0.717) is 0 Å². The van der Waals surface area contributed by atoms with Gasteiger partial charge >= 0.3 is 5.97 Å². The molecule has 0 saturated carbocycles. The van der Waals surface area contributed by atoms with Crippen molar-refractivity contribution in [3.8, 4) is 0 Å². The number of ether oxygens (including phenoxy) is 1. The van der Waals surface area contributed by atoms with E-state index in [1.54, 1.807) is 12.3 Å². The summed E-state index contributed by atoms with van der Waals surface area (Å²) in [5.74, 6) is -0.991. The van der Waals surface area contributed by atoms with Crippen LogP contribution in [-0.2, 0) is 4.74 Å². The standard InChI is InChI=1S/C13H18N2O3/c1-2-18-11-4-3-7-15(9-11)10-5-6-14-12(8-10)13(16)17/h5-6,8,11H,2-4,7,9H2,1H3,(H,16,17).